The molecule has 2 aliphatic carbocycles. The highest BCUT2D eigenvalue weighted by molar-refractivity contribution is 4.90. The minimum absolute atomic E-state index is 0.853. The fourth-order valence-corrected chi connectivity index (χ4v) is 6.59. The summed E-state index contributed by atoms with van der Waals surface area (Å²) in [7, 11) is 4.59. The first-order valence-corrected chi connectivity index (χ1v) is 13.1. The van der Waals surface area contributed by atoms with Crippen LogP contribution in [0.15, 0.2) is 0 Å². The second-order valence-electron chi connectivity index (χ2n) is 10.8. The molecule has 5 aliphatic rings. The number of hydrogen-bond acceptors (Lipinski definition) is 4. The number of hydrogen-bond donors (Lipinski definition) is 0. The van der Waals surface area contributed by atoms with E-state index in [9.17, 15) is 0 Å². The van der Waals surface area contributed by atoms with E-state index < -0.39 is 0 Å². The van der Waals surface area contributed by atoms with E-state index in [1.807, 2.05) is 0 Å². The van der Waals surface area contributed by atoms with Crippen molar-refractivity contribution in [3.8, 4) is 0 Å². The third-order valence-corrected chi connectivity index (χ3v) is 8.77. The lowest BCUT2D eigenvalue weighted by atomic mass is 10.1. The molecule has 2 unspecified atom stereocenters. The summed E-state index contributed by atoms with van der Waals surface area (Å²) in [5.74, 6) is 0. The van der Waals surface area contributed by atoms with Crippen molar-refractivity contribution in [2.75, 3.05) is 53.4 Å². The smallest absolute Gasteiger partial charge is 0.0220 e. The molecular weight excluding hydrogens is 356 g/mol. The van der Waals surface area contributed by atoms with Gasteiger partial charge < -0.3 is 14.7 Å². The molecule has 29 heavy (non-hydrogen) atoms. The van der Waals surface area contributed by atoms with E-state index in [2.05, 4.69) is 33.7 Å². The summed E-state index contributed by atoms with van der Waals surface area (Å²) >= 11 is 0. The van der Waals surface area contributed by atoms with Gasteiger partial charge in [-0.25, -0.2) is 0 Å². The fraction of sp³-hybridized carbons (Fsp3) is 1.00. The fourth-order valence-electron chi connectivity index (χ4n) is 6.59. The second-order valence-corrected chi connectivity index (χ2v) is 10.8. The minimum atomic E-state index is 0.853. The molecule has 0 aromatic rings. The average molecular weight is 405 g/mol. The summed E-state index contributed by atoms with van der Waals surface area (Å²) in [6.45, 7) is 8.04. The predicted octanol–water partition coefficient (Wildman–Crippen LogP) is 4.05. The summed E-state index contributed by atoms with van der Waals surface area (Å²) in [5.41, 5.74) is 0. The van der Waals surface area contributed by atoms with Gasteiger partial charge in [0.2, 0.25) is 0 Å². The van der Waals surface area contributed by atoms with Crippen LogP contribution in [0.1, 0.15) is 83.5 Å². The van der Waals surface area contributed by atoms with Crippen molar-refractivity contribution in [1.29, 1.82) is 0 Å². The molecule has 0 N–H and O–H groups in total. The molecule has 0 aromatic carbocycles. The zero-order valence-corrected chi connectivity index (χ0v) is 19.5. The van der Waals surface area contributed by atoms with Gasteiger partial charge in [0.15, 0.2) is 0 Å². The van der Waals surface area contributed by atoms with E-state index in [1.165, 1.54) is 123 Å². The topological polar surface area (TPSA) is 13.0 Å². The molecule has 3 heterocycles. The van der Waals surface area contributed by atoms with E-state index in [4.69, 9.17) is 0 Å². The van der Waals surface area contributed by atoms with Crippen LogP contribution in [-0.4, -0.2) is 97.1 Å². The van der Waals surface area contributed by atoms with Crippen molar-refractivity contribution in [3.05, 3.63) is 0 Å². The van der Waals surface area contributed by atoms with Gasteiger partial charge in [0, 0.05) is 37.3 Å². The van der Waals surface area contributed by atoms with Gasteiger partial charge in [-0.05, 0) is 98.1 Å². The first-order chi connectivity index (χ1) is 14.2. The number of likely N-dealkylation sites (tertiary alicyclic amines) is 3. The van der Waals surface area contributed by atoms with Crippen LogP contribution >= 0.6 is 0 Å². The van der Waals surface area contributed by atoms with Crippen LogP contribution in [-0.2, 0) is 0 Å². The van der Waals surface area contributed by atoms with Crippen molar-refractivity contribution >= 4 is 0 Å². The molecule has 3 saturated heterocycles. The zero-order valence-electron chi connectivity index (χ0n) is 19.5. The van der Waals surface area contributed by atoms with Crippen molar-refractivity contribution in [2.24, 2.45) is 0 Å². The Kier molecular flexibility index (Phi) is 8.31. The molecule has 168 valence electrons. The zero-order chi connectivity index (χ0) is 20.1. The van der Waals surface area contributed by atoms with E-state index in [0.717, 1.165) is 24.2 Å². The highest BCUT2D eigenvalue weighted by Crippen LogP contribution is 2.32. The van der Waals surface area contributed by atoms with Gasteiger partial charge in [-0.1, -0.05) is 25.7 Å². The van der Waals surface area contributed by atoms with E-state index >= 15 is 0 Å². The van der Waals surface area contributed by atoms with Crippen LogP contribution < -0.4 is 0 Å². The molecule has 0 spiro atoms. The largest absolute Gasteiger partial charge is 0.302 e. The Bertz CT molecular complexity index is 451. The Hall–Kier alpha value is -0.160. The van der Waals surface area contributed by atoms with Crippen molar-refractivity contribution in [1.82, 2.24) is 19.6 Å². The Morgan fingerprint density at radius 1 is 0.586 bits per heavy atom. The van der Waals surface area contributed by atoms with Gasteiger partial charge >= 0.3 is 0 Å². The maximum absolute atomic E-state index is 2.95. The molecule has 4 nitrogen and oxygen atoms in total. The highest BCUT2D eigenvalue weighted by Gasteiger charge is 2.34. The maximum Gasteiger partial charge on any atom is 0.0220 e. The molecule has 3 aliphatic heterocycles. The summed E-state index contributed by atoms with van der Waals surface area (Å²) in [6.07, 6.45) is 19.0. The third-order valence-electron chi connectivity index (χ3n) is 8.77. The lowest BCUT2D eigenvalue weighted by Gasteiger charge is -2.37. The lowest BCUT2D eigenvalue weighted by Crippen LogP contribution is -2.47. The summed E-state index contributed by atoms with van der Waals surface area (Å²) in [4.78, 5) is 10.6. The molecular formula is C25H48N4. The quantitative estimate of drug-likeness (QED) is 0.662. The van der Waals surface area contributed by atoms with Crippen molar-refractivity contribution in [3.63, 3.8) is 0 Å². The van der Waals surface area contributed by atoms with E-state index in [-0.39, 0.29) is 0 Å². The summed E-state index contributed by atoms with van der Waals surface area (Å²) in [5, 5.41) is 0. The second kappa shape index (κ2) is 10.9. The Morgan fingerprint density at radius 3 is 1.52 bits per heavy atom. The van der Waals surface area contributed by atoms with Gasteiger partial charge in [-0.15, -0.1) is 0 Å². The van der Waals surface area contributed by atoms with Gasteiger partial charge in [0.25, 0.3) is 0 Å². The molecule has 0 bridgehead atoms. The normalized spacial score (nSPS) is 32.8. The monoisotopic (exact) mass is 404 g/mol. The molecule has 2 atom stereocenters. The molecule has 5 fully saturated rings. The van der Waals surface area contributed by atoms with Gasteiger partial charge in [0.05, 0.1) is 0 Å². The SMILES string of the molecule is CN1CCCC1CN(C1CCCC1)C1CCCC1.CN1CCCC1CN1CCC1. The first-order valence-electron chi connectivity index (χ1n) is 13.1. The Balaban J connectivity index is 0.000000159. The van der Waals surface area contributed by atoms with E-state index in [0.29, 0.717) is 0 Å². The van der Waals surface area contributed by atoms with Gasteiger partial charge in [0.1, 0.15) is 0 Å². The van der Waals surface area contributed by atoms with Crippen LogP contribution in [0.5, 0.6) is 0 Å². The van der Waals surface area contributed by atoms with E-state index in [1.54, 1.807) is 0 Å². The number of nitrogens with zero attached hydrogens (tertiary/aromatic N) is 4. The Labute approximate surface area is 181 Å². The molecule has 2 saturated carbocycles. The maximum atomic E-state index is 2.95. The van der Waals surface area contributed by atoms with Crippen molar-refractivity contribution < 1.29 is 0 Å². The van der Waals surface area contributed by atoms with Gasteiger partial charge in [-0.2, -0.15) is 0 Å². The molecule has 0 aromatic heterocycles. The predicted molar refractivity (Wildman–Crippen MR) is 124 cm³/mol. The summed E-state index contributed by atoms with van der Waals surface area (Å²) in [6, 6.07) is 3.59. The number of likely N-dealkylation sites (N-methyl/N-ethyl adjacent to an activating group) is 2. The van der Waals surface area contributed by atoms with Crippen molar-refractivity contribution in [2.45, 2.75) is 108 Å². The molecule has 0 radical (unpaired) electrons. The third kappa shape index (κ3) is 5.96. The van der Waals surface area contributed by atoms with Crippen LogP contribution in [0.25, 0.3) is 0 Å². The average Bonchev–Trinajstić information content (AvgIpc) is 3.47. The van der Waals surface area contributed by atoms with Crippen LogP contribution in [0.3, 0.4) is 0 Å². The molecule has 0 amide bonds. The van der Waals surface area contributed by atoms with Crippen LogP contribution in [0, 0.1) is 0 Å². The lowest BCUT2D eigenvalue weighted by molar-refractivity contribution is 0.101. The van der Waals surface area contributed by atoms with Crippen LogP contribution in [0.4, 0.5) is 0 Å². The molecule has 5 rings (SSSR count). The highest BCUT2D eigenvalue weighted by atomic mass is 15.3. The van der Waals surface area contributed by atoms with Crippen LogP contribution in [0.2, 0.25) is 0 Å². The minimum Gasteiger partial charge on any atom is -0.302 e. The number of rotatable bonds is 6. The summed E-state index contributed by atoms with van der Waals surface area (Å²) < 4.78 is 0. The first kappa shape index (κ1) is 22.0. The van der Waals surface area contributed by atoms with Gasteiger partial charge in [-0.3, -0.25) is 4.90 Å². The molecule has 4 heteroatoms. The Morgan fingerprint density at radius 2 is 1.10 bits per heavy atom. The standard InChI is InChI=1S/C16H30N2.C9H18N2/c1-17-12-6-11-16(17)13-18(14-7-2-3-8-14)15-9-4-5-10-15;1-10-5-2-4-9(10)8-11-6-3-7-11/h14-16H,2-13H2,1H3;9H,2-8H2,1H3.